The largest absolute Gasteiger partial charge is 0.324 e. The summed E-state index contributed by atoms with van der Waals surface area (Å²) in [6, 6.07) is 8.39. The molecular weight excluding hydrogens is 272 g/mol. The van der Waals surface area contributed by atoms with Crippen molar-refractivity contribution in [3.8, 4) is 0 Å². The van der Waals surface area contributed by atoms with E-state index < -0.39 is 0 Å². The first-order valence-electron chi connectivity index (χ1n) is 3.21. The fourth-order valence-electron chi connectivity index (χ4n) is 0.790. The van der Waals surface area contributed by atoms with E-state index in [1.165, 1.54) is 9.13 Å². The van der Waals surface area contributed by atoms with Gasteiger partial charge in [0.05, 0.1) is 0 Å². The Morgan fingerprint density at radius 3 is 2.45 bits per heavy atom. The van der Waals surface area contributed by atoms with Gasteiger partial charge in [0.2, 0.25) is 0 Å². The SMILES string of the molecule is C[C@H](N)c1cccc(I)c1.Cl. The van der Waals surface area contributed by atoms with Crippen LogP contribution in [-0.2, 0) is 0 Å². The van der Waals surface area contributed by atoms with Gasteiger partial charge in [-0.15, -0.1) is 12.4 Å². The lowest BCUT2D eigenvalue weighted by Gasteiger charge is -2.04. The van der Waals surface area contributed by atoms with Crippen molar-refractivity contribution in [2.75, 3.05) is 0 Å². The summed E-state index contributed by atoms with van der Waals surface area (Å²) in [7, 11) is 0. The van der Waals surface area contributed by atoms with Crippen molar-refractivity contribution in [3.63, 3.8) is 0 Å². The Bertz CT molecular complexity index is 225. The van der Waals surface area contributed by atoms with Crippen LogP contribution in [0, 0.1) is 3.57 Å². The van der Waals surface area contributed by atoms with E-state index in [-0.39, 0.29) is 18.4 Å². The zero-order chi connectivity index (χ0) is 7.56. The Morgan fingerprint density at radius 1 is 1.45 bits per heavy atom. The van der Waals surface area contributed by atoms with Crippen molar-refractivity contribution in [3.05, 3.63) is 33.4 Å². The first kappa shape index (κ1) is 11.2. The molecule has 1 rings (SSSR count). The fraction of sp³-hybridized carbons (Fsp3) is 0.250. The van der Waals surface area contributed by atoms with Gasteiger partial charge in [-0.1, -0.05) is 12.1 Å². The lowest BCUT2D eigenvalue weighted by atomic mass is 10.1. The van der Waals surface area contributed by atoms with Gasteiger partial charge in [-0.25, -0.2) is 0 Å². The number of hydrogen-bond acceptors (Lipinski definition) is 1. The van der Waals surface area contributed by atoms with Gasteiger partial charge in [-0.2, -0.15) is 0 Å². The minimum absolute atomic E-state index is 0. The Hall–Kier alpha value is 0.200. The molecule has 0 heterocycles. The molecule has 0 radical (unpaired) electrons. The summed E-state index contributed by atoms with van der Waals surface area (Å²) in [4.78, 5) is 0. The number of benzene rings is 1. The minimum atomic E-state index is 0. The van der Waals surface area contributed by atoms with E-state index in [2.05, 4.69) is 34.7 Å². The van der Waals surface area contributed by atoms with Crippen LogP contribution in [0.5, 0.6) is 0 Å². The fourth-order valence-corrected chi connectivity index (χ4v) is 1.36. The first-order chi connectivity index (χ1) is 4.70. The molecule has 0 spiro atoms. The predicted octanol–water partition coefficient (Wildman–Crippen LogP) is 2.73. The molecule has 1 atom stereocenters. The highest BCUT2D eigenvalue weighted by Gasteiger charge is 1.97. The summed E-state index contributed by atoms with van der Waals surface area (Å²) >= 11 is 2.28. The van der Waals surface area contributed by atoms with Crippen LogP contribution in [-0.4, -0.2) is 0 Å². The quantitative estimate of drug-likeness (QED) is 0.788. The third kappa shape index (κ3) is 3.40. The Labute approximate surface area is 86.9 Å². The van der Waals surface area contributed by atoms with Crippen LogP contribution >= 0.6 is 35.0 Å². The molecule has 0 bridgehead atoms. The zero-order valence-corrected chi connectivity index (χ0v) is 9.22. The number of hydrogen-bond donors (Lipinski definition) is 1. The van der Waals surface area contributed by atoms with E-state index in [9.17, 15) is 0 Å². The molecule has 0 fully saturated rings. The summed E-state index contributed by atoms with van der Waals surface area (Å²) in [6.45, 7) is 1.99. The average Bonchev–Trinajstić information content (AvgIpc) is 1.88. The first-order valence-corrected chi connectivity index (χ1v) is 4.29. The molecule has 0 saturated carbocycles. The molecular formula is C8H11ClIN. The van der Waals surface area contributed by atoms with Gasteiger partial charge in [-0.05, 0) is 47.2 Å². The molecule has 0 amide bonds. The number of nitrogens with two attached hydrogens (primary N) is 1. The molecule has 0 aliphatic carbocycles. The molecule has 3 heteroatoms. The second-order valence-electron chi connectivity index (χ2n) is 2.34. The van der Waals surface area contributed by atoms with Crippen LogP contribution < -0.4 is 5.73 Å². The molecule has 1 nitrogen and oxygen atoms in total. The molecule has 1 aromatic rings. The van der Waals surface area contributed by atoms with Gasteiger partial charge in [0.15, 0.2) is 0 Å². The van der Waals surface area contributed by atoms with Crippen LogP contribution in [0.25, 0.3) is 0 Å². The number of rotatable bonds is 1. The maximum absolute atomic E-state index is 5.68. The monoisotopic (exact) mass is 283 g/mol. The van der Waals surface area contributed by atoms with Crippen molar-refractivity contribution < 1.29 is 0 Å². The van der Waals surface area contributed by atoms with E-state index in [1.54, 1.807) is 0 Å². The maximum Gasteiger partial charge on any atom is 0.0266 e. The van der Waals surface area contributed by atoms with Crippen LogP contribution in [0.4, 0.5) is 0 Å². The van der Waals surface area contributed by atoms with Crippen LogP contribution in [0.2, 0.25) is 0 Å². The Morgan fingerprint density at radius 2 is 2.09 bits per heavy atom. The van der Waals surface area contributed by atoms with E-state index in [0.29, 0.717) is 0 Å². The third-order valence-corrected chi connectivity index (χ3v) is 2.05. The van der Waals surface area contributed by atoms with Crippen molar-refractivity contribution >= 4 is 35.0 Å². The molecule has 1 aromatic carbocycles. The second-order valence-corrected chi connectivity index (χ2v) is 3.59. The summed E-state index contributed by atoms with van der Waals surface area (Å²) in [5.74, 6) is 0. The topological polar surface area (TPSA) is 26.0 Å². The zero-order valence-electron chi connectivity index (χ0n) is 6.25. The smallest absolute Gasteiger partial charge is 0.0266 e. The highest BCUT2D eigenvalue weighted by Crippen LogP contribution is 2.12. The molecule has 0 unspecified atom stereocenters. The van der Waals surface area contributed by atoms with Crippen molar-refractivity contribution in [1.82, 2.24) is 0 Å². The van der Waals surface area contributed by atoms with Crippen molar-refractivity contribution in [2.24, 2.45) is 5.73 Å². The van der Waals surface area contributed by atoms with Gasteiger partial charge in [-0.3, -0.25) is 0 Å². The van der Waals surface area contributed by atoms with E-state index in [0.717, 1.165) is 0 Å². The summed E-state index contributed by atoms with van der Waals surface area (Å²) in [5.41, 5.74) is 6.88. The van der Waals surface area contributed by atoms with Gasteiger partial charge >= 0.3 is 0 Å². The molecule has 0 aliphatic rings. The molecule has 0 aliphatic heterocycles. The van der Waals surface area contributed by atoms with E-state index in [1.807, 2.05) is 19.1 Å². The summed E-state index contributed by atoms with van der Waals surface area (Å²) in [6.07, 6.45) is 0. The van der Waals surface area contributed by atoms with Crippen molar-refractivity contribution in [1.29, 1.82) is 0 Å². The molecule has 2 N–H and O–H groups in total. The van der Waals surface area contributed by atoms with Gasteiger partial charge in [0.1, 0.15) is 0 Å². The Kier molecular flexibility index (Phi) is 5.04. The van der Waals surface area contributed by atoms with E-state index in [4.69, 9.17) is 5.73 Å². The van der Waals surface area contributed by atoms with Crippen LogP contribution in [0.1, 0.15) is 18.5 Å². The van der Waals surface area contributed by atoms with Gasteiger partial charge in [0.25, 0.3) is 0 Å². The number of halogens is 2. The highest BCUT2D eigenvalue weighted by atomic mass is 127. The lowest BCUT2D eigenvalue weighted by molar-refractivity contribution is 0.817. The summed E-state index contributed by atoms with van der Waals surface area (Å²) < 4.78 is 1.24. The molecule has 11 heavy (non-hydrogen) atoms. The predicted molar refractivity (Wildman–Crippen MR) is 59.0 cm³/mol. The second kappa shape index (κ2) is 4.95. The standard InChI is InChI=1S/C8H10IN.ClH/c1-6(10)7-3-2-4-8(9)5-7;/h2-6H,10H2,1H3;1H/t6-;/m0./s1. The molecule has 0 saturated heterocycles. The normalized spacial score (nSPS) is 11.9. The lowest BCUT2D eigenvalue weighted by Crippen LogP contribution is -2.04. The van der Waals surface area contributed by atoms with Gasteiger partial charge in [0, 0.05) is 9.61 Å². The Balaban J connectivity index is 0.000001000. The third-order valence-electron chi connectivity index (χ3n) is 1.37. The maximum atomic E-state index is 5.68. The van der Waals surface area contributed by atoms with Crippen molar-refractivity contribution in [2.45, 2.75) is 13.0 Å². The highest BCUT2D eigenvalue weighted by molar-refractivity contribution is 14.1. The molecule has 0 aromatic heterocycles. The minimum Gasteiger partial charge on any atom is -0.324 e. The summed E-state index contributed by atoms with van der Waals surface area (Å²) in [5, 5.41) is 0. The molecule has 62 valence electrons. The van der Waals surface area contributed by atoms with Gasteiger partial charge < -0.3 is 5.73 Å². The van der Waals surface area contributed by atoms with Crippen LogP contribution in [0.15, 0.2) is 24.3 Å². The van der Waals surface area contributed by atoms with Crippen LogP contribution in [0.3, 0.4) is 0 Å². The van der Waals surface area contributed by atoms with E-state index >= 15 is 0 Å². The average molecular weight is 284 g/mol.